The van der Waals surface area contributed by atoms with Crippen molar-refractivity contribution < 1.29 is 4.74 Å². The molecule has 1 fully saturated rings. The minimum Gasteiger partial charge on any atom is -0.497 e. The van der Waals surface area contributed by atoms with Gasteiger partial charge in [0.15, 0.2) is 11.2 Å². The van der Waals surface area contributed by atoms with E-state index in [1.54, 1.807) is 14.2 Å². The van der Waals surface area contributed by atoms with Crippen molar-refractivity contribution in [1.82, 2.24) is 23.6 Å². The maximum atomic E-state index is 13.0. The molecule has 1 aromatic carbocycles. The number of hydrogen-bond acceptors (Lipinski definition) is 6. The topological polar surface area (TPSA) is 77.5 Å². The van der Waals surface area contributed by atoms with Crippen LogP contribution in [-0.2, 0) is 27.2 Å². The number of rotatable bonds is 7. The van der Waals surface area contributed by atoms with Crippen molar-refractivity contribution in [3.63, 3.8) is 0 Å². The lowest BCUT2D eigenvalue weighted by Crippen LogP contribution is -2.46. The number of anilines is 1. The van der Waals surface area contributed by atoms with E-state index < -0.39 is 0 Å². The van der Waals surface area contributed by atoms with Gasteiger partial charge in [0, 0.05) is 52.5 Å². The monoisotopic (exact) mass is 454 g/mol. The SMILES string of the molecule is COc1ccc(N2CCN(Cc3nc4c(c(=O)n(C)c(=O)n4C)n3CCC(C)C)CC2)cc1. The normalized spacial score (nSPS) is 15.0. The Morgan fingerprint density at radius 1 is 1.00 bits per heavy atom. The highest BCUT2D eigenvalue weighted by Gasteiger charge is 2.23. The summed E-state index contributed by atoms with van der Waals surface area (Å²) in [6.45, 7) is 9.34. The molecule has 0 amide bonds. The molecule has 178 valence electrons. The molecule has 0 spiro atoms. The van der Waals surface area contributed by atoms with E-state index in [4.69, 9.17) is 9.72 Å². The Labute approximate surface area is 193 Å². The highest BCUT2D eigenvalue weighted by Crippen LogP contribution is 2.22. The standard InChI is InChI=1S/C24H34N6O3/c1-17(2)10-11-30-20(25-22-21(30)23(31)27(4)24(32)26(22)3)16-28-12-14-29(15-13-28)18-6-8-19(33-5)9-7-18/h6-9,17H,10-16H2,1-5H3. The molecular weight excluding hydrogens is 420 g/mol. The fraction of sp³-hybridized carbons (Fsp3) is 0.542. The molecule has 1 aliphatic rings. The Morgan fingerprint density at radius 3 is 2.27 bits per heavy atom. The van der Waals surface area contributed by atoms with Gasteiger partial charge in [-0.2, -0.15) is 0 Å². The van der Waals surface area contributed by atoms with Crippen LogP contribution in [0.15, 0.2) is 33.9 Å². The molecule has 0 aliphatic carbocycles. The summed E-state index contributed by atoms with van der Waals surface area (Å²) in [5, 5.41) is 0. The zero-order valence-electron chi connectivity index (χ0n) is 20.2. The van der Waals surface area contributed by atoms with Crippen molar-refractivity contribution in [2.75, 3.05) is 38.2 Å². The first-order chi connectivity index (χ1) is 15.8. The molecule has 0 radical (unpaired) electrons. The van der Waals surface area contributed by atoms with Crippen molar-refractivity contribution in [3.05, 3.63) is 50.9 Å². The molecule has 9 heteroatoms. The van der Waals surface area contributed by atoms with Crippen LogP contribution in [0, 0.1) is 5.92 Å². The van der Waals surface area contributed by atoms with Crippen molar-refractivity contribution in [2.45, 2.75) is 33.4 Å². The molecule has 0 unspecified atom stereocenters. The van der Waals surface area contributed by atoms with Crippen molar-refractivity contribution in [1.29, 1.82) is 0 Å². The number of aryl methyl sites for hydroxylation is 2. The van der Waals surface area contributed by atoms with Crippen molar-refractivity contribution in [3.8, 4) is 5.75 Å². The number of piperazine rings is 1. The van der Waals surface area contributed by atoms with Gasteiger partial charge >= 0.3 is 5.69 Å². The Morgan fingerprint density at radius 2 is 1.67 bits per heavy atom. The van der Waals surface area contributed by atoms with Crippen LogP contribution < -0.4 is 20.9 Å². The summed E-state index contributed by atoms with van der Waals surface area (Å²) < 4.78 is 9.95. The third kappa shape index (κ3) is 4.55. The van der Waals surface area contributed by atoms with Gasteiger partial charge in [0.1, 0.15) is 11.6 Å². The summed E-state index contributed by atoms with van der Waals surface area (Å²) in [5.74, 6) is 2.21. The van der Waals surface area contributed by atoms with Crippen LogP contribution in [0.4, 0.5) is 5.69 Å². The van der Waals surface area contributed by atoms with E-state index in [1.807, 2.05) is 16.7 Å². The summed E-state index contributed by atoms with van der Waals surface area (Å²) >= 11 is 0. The Kier molecular flexibility index (Phi) is 6.60. The average molecular weight is 455 g/mol. The van der Waals surface area contributed by atoms with Gasteiger partial charge in [0.05, 0.1) is 13.7 Å². The largest absolute Gasteiger partial charge is 0.497 e. The van der Waals surface area contributed by atoms with Gasteiger partial charge in [-0.1, -0.05) is 13.8 Å². The second-order valence-corrected chi connectivity index (χ2v) is 9.20. The van der Waals surface area contributed by atoms with Crippen molar-refractivity contribution >= 4 is 16.9 Å². The minimum atomic E-state index is -0.347. The molecule has 9 nitrogen and oxygen atoms in total. The van der Waals surface area contributed by atoms with Crippen LogP contribution in [0.3, 0.4) is 0 Å². The average Bonchev–Trinajstić information content (AvgIpc) is 3.18. The summed E-state index contributed by atoms with van der Waals surface area (Å²) in [6, 6.07) is 8.17. The lowest BCUT2D eigenvalue weighted by atomic mass is 10.1. The molecule has 33 heavy (non-hydrogen) atoms. The Balaban J connectivity index is 1.57. The first-order valence-electron chi connectivity index (χ1n) is 11.6. The minimum absolute atomic E-state index is 0.278. The molecular formula is C24H34N6O3. The summed E-state index contributed by atoms with van der Waals surface area (Å²) in [4.78, 5) is 35.0. The summed E-state index contributed by atoms with van der Waals surface area (Å²) in [5.41, 5.74) is 1.56. The van der Waals surface area contributed by atoms with Crippen LogP contribution in [0.5, 0.6) is 5.75 Å². The van der Waals surface area contributed by atoms with E-state index in [2.05, 4.69) is 35.8 Å². The number of aromatic nitrogens is 4. The first-order valence-corrected chi connectivity index (χ1v) is 11.6. The van der Waals surface area contributed by atoms with Crippen molar-refractivity contribution in [2.24, 2.45) is 20.0 Å². The zero-order chi connectivity index (χ0) is 23.7. The molecule has 3 heterocycles. The van der Waals surface area contributed by atoms with Crippen LogP contribution in [0.25, 0.3) is 11.2 Å². The first kappa shape index (κ1) is 23.1. The van der Waals surface area contributed by atoms with E-state index in [-0.39, 0.29) is 11.2 Å². The third-order valence-corrected chi connectivity index (χ3v) is 6.53. The smallest absolute Gasteiger partial charge is 0.332 e. The maximum Gasteiger partial charge on any atom is 0.332 e. The van der Waals surface area contributed by atoms with Crippen LogP contribution in [0.1, 0.15) is 26.1 Å². The highest BCUT2D eigenvalue weighted by atomic mass is 16.5. The van der Waals surface area contributed by atoms with E-state index in [9.17, 15) is 9.59 Å². The zero-order valence-corrected chi connectivity index (χ0v) is 20.2. The predicted molar refractivity (Wildman–Crippen MR) is 130 cm³/mol. The number of fused-ring (bicyclic) bond motifs is 1. The fourth-order valence-corrected chi connectivity index (χ4v) is 4.40. The number of hydrogen-bond donors (Lipinski definition) is 0. The van der Waals surface area contributed by atoms with Crippen LogP contribution >= 0.6 is 0 Å². The number of benzene rings is 1. The second-order valence-electron chi connectivity index (χ2n) is 9.20. The molecule has 0 N–H and O–H groups in total. The van der Waals surface area contributed by atoms with E-state index in [0.29, 0.717) is 30.2 Å². The van der Waals surface area contributed by atoms with Crippen LogP contribution in [0.2, 0.25) is 0 Å². The molecule has 1 aliphatic heterocycles. The molecule has 1 saturated heterocycles. The Bertz CT molecular complexity index is 1230. The fourth-order valence-electron chi connectivity index (χ4n) is 4.40. The molecule has 0 atom stereocenters. The van der Waals surface area contributed by atoms with Gasteiger partial charge in [-0.25, -0.2) is 9.78 Å². The highest BCUT2D eigenvalue weighted by molar-refractivity contribution is 5.71. The Hall–Kier alpha value is -3.07. The van der Waals surface area contributed by atoms with Gasteiger partial charge in [0.2, 0.25) is 0 Å². The number of nitrogens with zero attached hydrogens (tertiary/aromatic N) is 6. The molecule has 3 aromatic rings. The molecule has 0 saturated carbocycles. The van der Waals surface area contributed by atoms with Gasteiger partial charge in [-0.3, -0.25) is 18.8 Å². The lowest BCUT2D eigenvalue weighted by molar-refractivity contribution is 0.240. The third-order valence-electron chi connectivity index (χ3n) is 6.53. The van der Waals surface area contributed by atoms with Crippen LogP contribution in [-0.4, -0.2) is 56.9 Å². The summed E-state index contributed by atoms with van der Waals surface area (Å²) in [6.07, 6.45) is 0.940. The van der Waals surface area contributed by atoms with Gasteiger partial charge in [-0.05, 0) is 36.6 Å². The molecule has 4 rings (SSSR count). The van der Waals surface area contributed by atoms with Gasteiger partial charge in [-0.15, -0.1) is 0 Å². The quantitative estimate of drug-likeness (QED) is 0.542. The van der Waals surface area contributed by atoms with E-state index >= 15 is 0 Å². The summed E-state index contributed by atoms with van der Waals surface area (Å²) in [7, 11) is 4.89. The number of ether oxygens (including phenoxy) is 1. The lowest BCUT2D eigenvalue weighted by Gasteiger charge is -2.36. The molecule has 2 aromatic heterocycles. The molecule has 0 bridgehead atoms. The van der Waals surface area contributed by atoms with E-state index in [0.717, 1.165) is 44.2 Å². The number of methoxy groups -OCH3 is 1. The van der Waals surface area contributed by atoms with E-state index in [1.165, 1.54) is 21.9 Å². The van der Waals surface area contributed by atoms with Gasteiger partial charge < -0.3 is 14.2 Å². The second kappa shape index (κ2) is 9.43. The number of imidazole rings is 1. The van der Waals surface area contributed by atoms with Gasteiger partial charge in [0.25, 0.3) is 5.56 Å². The maximum absolute atomic E-state index is 13.0. The predicted octanol–water partition coefficient (Wildman–Crippen LogP) is 1.81.